The molecule has 3 rings (SSSR count). The van der Waals surface area contributed by atoms with Gasteiger partial charge in [0.15, 0.2) is 11.6 Å². The van der Waals surface area contributed by atoms with Gasteiger partial charge in [-0.05, 0) is 67.4 Å². The minimum Gasteiger partial charge on any atom is -0.444 e. The number of halogens is 2. The Kier molecular flexibility index (Phi) is 6.83. The lowest BCUT2D eigenvalue weighted by Gasteiger charge is -2.34. The molecule has 2 fully saturated rings. The molecule has 1 N–H and O–H groups in total. The number of nitrogens with zero attached hydrogens (tertiary/aromatic N) is 1. The van der Waals surface area contributed by atoms with Crippen LogP contribution >= 0.6 is 0 Å². The first-order valence-corrected chi connectivity index (χ1v) is 11.2. The molecule has 10 heteroatoms. The first kappa shape index (κ1) is 25.4. The first-order chi connectivity index (χ1) is 15.1. The Bertz CT molecular complexity index is 916. The van der Waals surface area contributed by atoms with Crippen molar-refractivity contribution in [3.8, 4) is 0 Å². The number of piperidine rings is 1. The van der Waals surface area contributed by atoms with E-state index < -0.39 is 59.2 Å². The zero-order valence-corrected chi connectivity index (χ0v) is 20.4. The van der Waals surface area contributed by atoms with E-state index in [0.29, 0.717) is 19.4 Å². The third-order valence-electron chi connectivity index (χ3n) is 6.27. The summed E-state index contributed by atoms with van der Waals surface area (Å²) in [4.78, 5) is 26.6. The number of carbonyl (C=O) groups is 2. The Balaban J connectivity index is 1.70. The number of ether oxygens (including phenoxy) is 1. The molecule has 1 aromatic carbocycles. The van der Waals surface area contributed by atoms with Gasteiger partial charge in [-0.25, -0.2) is 13.6 Å². The molecule has 7 nitrogen and oxygen atoms in total. The number of amides is 2. The predicted molar refractivity (Wildman–Crippen MR) is 120 cm³/mol. The normalized spacial score (nSPS) is 22.3. The topological polar surface area (TPSA) is 77.1 Å². The van der Waals surface area contributed by atoms with Gasteiger partial charge in [-0.2, -0.15) is 0 Å². The summed E-state index contributed by atoms with van der Waals surface area (Å²) in [7, 11) is -1.08. The lowest BCUT2D eigenvalue weighted by Crippen LogP contribution is -2.50. The maximum atomic E-state index is 14.9. The van der Waals surface area contributed by atoms with Crippen LogP contribution in [-0.2, 0) is 14.0 Å². The lowest BCUT2D eigenvalue weighted by molar-refractivity contribution is 0.00578. The summed E-state index contributed by atoms with van der Waals surface area (Å²) in [5.74, 6) is -3.19. The van der Waals surface area contributed by atoms with E-state index in [9.17, 15) is 18.4 Å². The molecule has 0 aromatic heterocycles. The van der Waals surface area contributed by atoms with Crippen LogP contribution in [0.4, 0.5) is 13.6 Å². The highest BCUT2D eigenvalue weighted by molar-refractivity contribution is 6.62. The molecule has 2 saturated heterocycles. The fourth-order valence-corrected chi connectivity index (χ4v) is 3.74. The largest absolute Gasteiger partial charge is 0.497 e. The standard InChI is InChI=1S/C23H33BF2N2O5/c1-21(2,3)31-20(30)28-12-8-9-14(13-28)27-19(29)15-10-11-16(18(26)17(15)25)24-32-22(4,5)23(6,7)33-24/h10-11,14H,8-9,12-13H2,1-7H3,(H,27,29)/t14-/m0/s1. The molecule has 182 valence electrons. The molecule has 0 bridgehead atoms. The van der Waals surface area contributed by atoms with Crippen molar-refractivity contribution < 1.29 is 32.4 Å². The van der Waals surface area contributed by atoms with Gasteiger partial charge >= 0.3 is 13.2 Å². The third kappa shape index (κ3) is 5.49. The van der Waals surface area contributed by atoms with E-state index in [1.807, 2.05) is 27.7 Å². The zero-order chi connectivity index (χ0) is 24.8. The van der Waals surface area contributed by atoms with Crippen molar-refractivity contribution >= 4 is 24.6 Å². The Morgan fingerprint density at radius 1 is 1.12 bits per heavy atom. The van der Waals surface area contributed by atoms with Crippen LogP contribution in [0.5, 0.6) is 0 Å². The van der Waals surface area contributed by atoms with Crippen molar-refractivity contribution in [2.75, 3.05) is 13.1 Å². The summed E-state index contributed by atoms with van der Waals surface area (Å²) < 4.78 is 46.7. The smallest absolute Gasteiger partial charge is 0.444 e. The molecule has 1 aromatic rings. The second-order valence-electron chi connectivity index (χ2n) is 10.7. The number of hydrogen-bond acceptors (Lipinski definition) is 5. The number of nitrogens with one attached hydrogen (secondary N) is 1. The van der Waals surface area contributed by atoms with Crippen LogP contribution in [-0.4, -0.2) is 60.0 Å². The number of likely N-dealkylation sites (tertiary alicyclic amines) is 1. The quantitative estimate of drug-likeness (QED) is 0.692. The number of rotatable bonds is 3. The van der Waals surface area contributed by atoms with Crippen LogP contribution in [0.15, 0.2) is 12.1 Å². The minimum atomic E-state index is -1.26. The number of carbonyl (C=O) groups excluding carboxylic acids is 2. The summed E-state index contributed by atoms with van der Waals surface area (Å²) >= 11 is 0. The molecule has 0 saturated carbocycles. The van der Waals surface area contributed by atoms with Gasteiger partial charge in [0.25, 0.3) is 5.91 Å². The molecule has 2 heterocycles. The van der Waals surface area contributed by atoms with E-state index in [1.54, 1.807) is 20.8 Å². The van der Waals surface area contributed by atoms with Gasteiger partial charge < -0.3 is 24.3 Å². The molecule has 2 amide bonds. The minimum absolute atomic E-state index is 0.100. The fourth-order valence-electron chi connectivity index (χ4n) is 3.74. The van der Waals surface area contributed by atoms with Crippen molar-refractivity contribution in [2.45, 2.75) is 84.2 Å². The average Bonchev–Trinajstić information content (AvgIpc) is 2.89. The summed E-state index contributed by atoms with van der Waals surface area (Å²) in [5, 5.41) is 2.71. The first-order valence-electron chi connectivity index (χ1n) is 11.2. The van der Waals surface area contributed by atoms with Crippen LogP contribution in [0, 0.1) is 11.6 Å². The molecule has 0 spiro atoms. The summed E-state index contributed by atoms with van der Waals surface area (Å²) in [6.45, 7) is 13.3. The SMILES string of the molecule is CC(C)(C)OC(=O)N1CCC[C@H](NC(=O)c2ccc(B3OC(C)(C)C(C)(C)O3)c(F)c2F)C1. The summed E-state index contributed by atoms with van der Waals surface area (Å²) in [5.41, 5.74) is -2.57. The highest BCUT2D eigenvalue weighted by Crippen LogP contribution is 2.36. The molecule has 1 atom stereocenters. The second-order valence-corrected chi connectivity index (χ2v) is 10.7. The van der Waals surface area contributed by atoms with E-state index in [2.05, 4.69) is 5.32 Å². The van der Waals surface area contributed by atoms with Crippen molar-refractivity contribution in [2.24, 2.45) is 0 Å². The van der Waals surface area contributed by atoms with Crippen molar-refractivity contribution in [1.29, 1.82) is 0 Å². The maximum Gasteiger partial charge on any atom is 0.497 e. The molecule has 0 radical (unpaired) electrons. The van der Waals surface area contributed by atoms with Gasteiger partial charge in [-0.1, -0.05) is 6.07 Å². The molecule has 33 heavy (non-hydrogen) atoms. The second kappa shape index (κ2) is 8.87. The van der Waals surface area contributed by atoms with E-state index in [4.69, 9.17) is 14.0 Å². The zero-order valence-electron chi connectivity index (χ0n) is 20.4. The molecule has 0 unspecified atom stereocenters. The maximum absolute atomic E-state index is 14.9. The predicted octanol–water partition coefficient (Wildman–Crippen LogP) is 3.39. The molecule has 2 aliphatic heterocycles. The van der Waals surface area contributed by atoms with Gasteiger partial charge in [0.2, 0.25) is 0 Å². The lowest BCUT2D eigenvalue weighted by atomic mass is 9.78. The van der Waals surface area contributed by atoms with Crippen LogP contribution in [0.1, 0.15) is 71.7 Å². The molecular formula is C23H33BF2N2O5. The Morgan fingerprint density at radius 2 is 1.73 bits per heavy atom. The number of hydrogen-bond donors (Lipinski definition) is 1. The van der Waals surface area contributed by atoms with Gasteiger partial charge in [-0.3, -0.25) is 4.79 Å². The highest BCUT2D eigenvalue weighted by atomic mass is 19.2. The van der Waals surface area contributed by atoms with Crippen LogP contribution < -0.4 is 10.8 Å². The Labute approximate surface area is 194 Å². The average molecular weight is 466 g/mol. The Morgan fingerprint density at radius 3 is 2.30 bits per heavy atom. The third-order valence-corrected chi connectivity index (χ3v) is 6.27. The van der Waals surface area contributed by atoms with Crippen LogP contribution in [0.3, 0.4) is 0 Å². The Hall–Kier alpha value is -2.20. The van der Waals surface area contributed by atoms with E-state index >= 15 is 0 Å². The van der Waals surface area contributed by atoms with E-state index in [1.165, 1.54) is 17.0 Å². The van der Waals surface area contributed by atoms with Gasteiger partial charge in [-0.15, -0.1) is 0 Å². The molecular weight excluding hydrogens is 433 g/mol. The number of benzene rings is 1. The van der Waals surface area contributed by atoms with E-state index in [0.717, 1.165) is 0 Å². The van der Waals surface area contributed by atoms with Crippen molar-refractivity contribution in [3.05, 3.63) is 29.3 Å². The van der Waals surface area contributed by atoms with Crippen molar-refractivity contribution in [3.63, 3.8) is 0 Å². The van der Waals surface area contributed by atoms with Crippen LogP contribution in [0.25, 0.3) is 0 Å². The van der Waals surface area contributed by atoms with Gasteiger partial charge in [0.1, 0.15) is 5.60 Å². The van der Waals surface area contributed by atoms with Crippen LogP contribution in [0.2, 0.25) is 0 Å². The fraction of sp³-hybridized carbons (Fsp3) is 0.652. The molecule has 2 aliphatic rings. The van der Waals surface area contributed by atoms with E-state index in [-0.39, 0.29) is 12.0 Å². The highest BCUT2D eigenvalue weighted by Gasteiger charge is 2.52. The summed E-state index contributed by atoms with van der Waals surface area (Å²) in [6.07, 6.45) is 0.800. The summed E-state index contributed by atoms with van der Waals surface area (Å²) in [6, 6.07) is 2.13. The van der Waals surface area contributed by atoms with Gasteiger partial charge in [0, 0.05) is 24.6 Å². The molecule has 0 aliphatic carbocycles. The van der Waals surface area contributed by atoms with Crippen molar-refractivity contribution in [1.82, 2.24) is 10.2 Å². The monoisotopic (exact) mass is 466 g/mol. The van der Waals surface area contributed by atoms with Gasteiger partial charge in [0.05, 0.1) is 16.8 Å².